The number of urea groups is 1. The van der Waals surface area contributed by atoms with Crippen molar-refractivity contribution in [2.24, 2.45) is 11.1 Å². The first-order valence-corrected chi connectivity index (χ1v) is 3.86. The minimum absolute atomic E-state index is 0.292. The Balaban J connectivity index is 2.56. The van der Waals surface area contributed by atoms with Crippen LogP contribution in [-0.2, 0) is 4.79 Å². The normalized spacial score (nSPS) is 28.4. The van der Waals surface area contributed by atoms with Crippen molar-refractivity contribution in [3.8, 4) is 0 Å². The summed E-state index contributed by atoms with van der Waals surface area (Å²) < 4.78 is 0. The van der Waals surface area contributed by atoms with E-state index in [0.29, 0.717) is 6.54 Å². The molecule has 68 valence electrons. The Bertz CT molecular complexity index is 209. The van der Waals surface area contributed by atoms with Crippen molar-refractivity contribution >= 4 is 11.9 Å². The van der Waals surface area contributed by atoms with E-state index in [1.807, 2.05) is 6.92 Å². The number of carbonyl (C=O) groups excluding carboxylic acids is 2. The van der Waals surface area contributed by atoms with Crippen molar-refractivity contribution < 1.29 is 9.59 Å². The van der Waals surface area contributed by atoms with Crippen molar-refractivity contribution in [3.05, 3.63) is 0 Å². The number of rotatable bonds is 1. The van der Waals surface area contributed by atoms with Gasteiger partial charge < -0.3 is 11.1 Å². The number of primary amides is 1. The second-order valence-electron chi connectivity index (χ2n) is 3.31. The largest absolute Gasteiger partial charge is 0.351 e. The van der Waals surface area contributed by atoms with Crippen molar-refractivity contribution in [1.82, 2.24) is 10.6 Å². The van der Waals surface area contributed by atoms with E-state index in [1.54, 1.807) is 0 Å². The molecule has 1 saturated heterocycles. The molecular formula is C7H13N3O2. The number of hydrogen-bond donors (Lipinski definition) is 3. The number of nitrogens with one attached hydrogen (secondary N) is 2. The summed E-state index contributed by atoms with van der Waals surface area (Å²) in [5, 5.41) is 5.14. The van der Waals surface area contributed by atoms with Crippen LogP contribution in [0.15, 0.2) is 0 Å². The Kier molecular flexibility index (Phi) is 2.32. The Hall–Kier alpha value is -1.10. The number of hydrogen-bond acceptors (Lipinski definition) is 3. The first-order valence-electron chi connectivity index (χ1n) is 3.86. The van der Waals surface area contributed by atoms with Gasteiger partial charge in [0, 0.05) is 6.54 Å². The van der Waals surface area contributed by atoms with Crippen LogP contribution in [0.5, 0.6) is 0 Å². The van der Waals surface area contributed by atoms with Gasteiger partial charge in [-0.25, -0.2) is 4.79 Å². The van der Waals surface area contributed by atoms with Gasteiger partial charge in [0.15, 0.2) is 0 Å². The van der Waals surface area contributed by atoms with Gasteiger partial charge in [0.05, 0.1) is 5.41 Å². The van der Waals surface area contributed by atoms with Crippen LogP contribution in [0.4, 0.5) is 4.79 Å². The van der Waals surface area contributed by atoms with Gasteiger partial charge in [-0.15, -0.1) is 0 Å². The molecule has 3 amide bonds. The molecule has 1 aliphatic heterocycles. The summed E-state index contributed by atoms with van der Waals surface area (Å²) >= 11 is 0. The molecule has 4 N–H and O–H groups in total. The monoisotopic (exact) mass is 171 g/mol. The molecule has 1 rings (SSSR count). The summed E-state index contributed by atoms with van der Waals surface area (Å²) in [5.41, 5.74) is 4.35. The average Bonchev–Trinajstić information content (AvgIpc) is 2.36. The Labute approximate surface area is 70.7 Å². The minimum atomic E-state index is -0.784. The van der Waals surface area contributed by atoms with Crippen LogP contribution >= 0.6 is 0 Å². The zero-order valence-electron chi connectivity index (χ0n) is 7.02. The molecule has 0 aromatic heterocycles. The van der Waals surface area contributed by atoms with Crippen LogP contribution in [-0.4, -0.2) is 25.0 Å². The summed E-state index contributed by atoms with van der Waals surface area (Å²) in [6.45, 7) is 3.22. The summed E-state index contributed by atoms with van der Waals surface area (Å²) in [4.78, 5) is 21.7. The standard InChI is InChI=1S/C7H13N3O2/c1-7(2-3-9-4-7)5(11)10-6(8)12/h9H,2-4H2,1H3,(H3,8,10,11,12). The van der Waals surface area contributed by atoms with Crippen LogP contribution in [0.2, 0.25) is 0 Å². The summed E-state index contributed by atoms with van der Waals surface area (Å²) in [7, 11) is 0. The second kappa shape index (κ2) is 3.10. The first kappa shape index (κ1) is 8.99. The lowest BCUT2D eigenvalue weighted by molar-refractivity contribution is -0.127. The fourth-order valence-electron chi connectivity index (χ4n) is 1.27. The number of amides is 3. The molecule has 0 saturated carbocycles. The van der Waals surface area contributed by atoms with Crippen LogP contribution in [0.3, 0.4) is 0 Å². The Morgan fingerprint density at radius 1 is 1.58 bits per heavy atom. The third-order valence-electron chi connectivity index (χ3n) is 2.15. The zero-order valence-corrected chi connectivity index (χ0v) is 7.02. The van der Waals surface area contributed by atoms with Crippen LogP contribution < -0.4 is 16.4 Å². The van der Waals surface area contributed by atoms with E-state index in [-0.39, 0.29) is 5.91 Å². The van der Waals surface area contributed by atoms with E-state index in [2.05, 4.69) is 10.6 Å². The highest BCUT2D eigenvalue weighted by molar-refractivity contribution is 5.96. The maximum absolute atomic E-state index is 11.3. The summed E-state index contributed by atoms with van der Waals surface area (Å²) in [6, 6.07) is -0.784. The van der Waals surface area contributed by atoms with Gasteiger partial charge in [0.25, 0.3) is 0 Å². The number of imide groups is 1. The van der Waals surface area contributed by atoms with Gasteiger partial charge >= 0.3 is 6.03 Å². The Morgan fingerprint density at radius 2 is 2.25 bits per heavy atom. The minimum Gasteiger partial charge on any atom is -0.351 e. The second-order valence-corrected chi connectivity index (χ2v) is 3.31. The maximum Gasteiger partial charge on any atom is 0.318 e. The fraction of sp³-hybridized carbons (Fsp3) is 0.714. The zero-order chi connectivity index (χ0) is 9.19. The van der Waals surface area contributed by atoms with Gasteiger partial charge in [0.1, 0.15) is 0 Å². The summed E-state index contributed by atoms with van der Waals surface area (Å²) in [6.07, 6.45) is 0.742. The predicted molar refractivity (Wildman–Crippen MR) is 43.3 cm³/mol. The fourth-order valence-corrected chi connectivity index (χ4v) is 1.27. The maximum atomic E-state index is 11.3. The van der Waals surface area contributed by atoms with Crippen molar-refractivity contribution in [3.63, 3.8) is 0 Å². The molecule has 0 aromatic rings. The third-order valence-corrected chi connectivity index (χ3v) is 2.15. The molecule has 1 atom stereocenters. The molecule has 1 heterocycles. The van der Waals surface area contributed by atoms with Crippen LogP contribution in [0.1, 0.15) is 13.3 Å². The molecule has 5 heteroatoms. The molecule has 1 fully saturated rings. The van der Waals surface area contributed by atoms with Gasteiger partial charge in [-0.05, 0) is 19.9 Å². The van der Waals surface area contributed by atoms with Crippen molar-refractivity contribution in [2.45, 2.75) is 13.3 Å². The highest BCUT2D eigenvalue weighted by Crippen LogP contribution is 2.24. The number of carbonyl (C=O) groups is 2. The molecule has 1 unspecified atom stereocenters. The van der Waals surface area contributed by atoms with Crippen LogP contribution in [0.25, 0.3) is 0 Å². The average molecular weight is 171 g/mol. The van der Waals surface area contributed by atoms with Gasteiger partial charge in [0.2, 0.25) is 5.91 Å². The molecular weight excluding hydrogens is 158 g/mol. The van der Waals surface area contributed by atoms with E-state index in [4.69, 9.17) is 5.73 Å². The van der Waals surface area contributed by atoms with E-state index in [9.17, 15) is 9.59 Å². The van der Waals surface area contributed by atoms with E-state index in [0.717, 1.165) is 13.0 Å². The molecule has 0 spiro atoms. The molecule has 0 bridgehead atoms. The van der Waals surface area contributed by atoms with Gasteiger partial charge in [-0.3, -0.25) is 10.1 Å². The topological polar surface area (TPSA) is 84.2 Å². The van der Waals surface area contributed by atoms with E-state index >= 15 is 0 Å². The highest BCUT2D eigenvalue weighted by Gasteiger charge is 2.36. The molecule has 0 radical (unpaired) electrons. The van der Waals surface area contributed by atoms with E-state index in [1.165, 1.54) is 0 Å². The molecule has 12 heavy (non-hydrogen) atoms. The number of nitrogens with two attached hydrogens (primary N) is 1. The predicted octanol–water partition coefficient (Wildman–Crippen LogP) is -0.819. The molecule has 1 aliphatic rings. The smallest absolute Gasteiger partial charge is 0.318 e. The third kappa shape index (κ3) is 1.73. The van der Waals surface area contributed by atoms with Gasteiger partial charge in [-0.2, -0.15) is 0 Å². The summed E-state index contributed by atoms with van der Waals surface area (Å²) in [5.74, 6) is -0.292. The quantitative estimate of drug-likeness (QED) is 0.482. The van der Waals surface area contributed by atoms with Crippen LogP contribution in [0, 0.1) is 5.41 Å². The lowest BCUT2D eigenvalue weighted by atomic mass is 9.89. The van der Waals surface area contributed by atoms with Crippen molar-refractivity contribution in [2.75, 3.05) is 13.1 Å². The highest BCUT2D eigenvalue weighted by atomic mass is 16.2. The molecule has 5 nitrogen and oxygen atoms in total. The van der Waals surface area contributed by atoms with E-state index < -0.39 is 11.4 Å². The van der Waals surface area contributed by atoms with Crippen molar-refractivity contribution in [1.29, 1.82) is 0 Å². The Morgan fingerprint density at radius 3 is 2.67 bits per heavy atom. The first-order chi connectivity index (χ1) is 5.54. The SMILES string of the molecule is CC1(C(=O)NC(N)=O)CCNC1. The molecule has 0 aromatic carbocycles. The molecule has 0 aliphatic carbocycles. The van der Waals surface area contributed by atoms with Gasteiger partial charge in [-0.1, -0.05) is 0 Å². The lowest BCUT2D eigenvalue weighted by Crippen LogP contribution is -2.45. The lowest BCUT2D eigenvalue weighted by Gasteiger charge is -2.19.